The van der Waals surface area contributed by atoms with Crippen LogP contribution in [-0.4, -0.2) is 24.1 Å². The smallest absolute Gasteiger partial charge is 0.241 e. The Balaban J connectivity index is 1.77. The van der Waals surface area contributed by atoms with E-state index in [4.69, 9.17) is 10.5 Å². The highest BCUT2D eigenvalue weighted by Crippen LogP contribution is 2.42. The van der Waals surface area contributed by atoms with Gasteiger partial charge in [-0.2, -0.15) is 0 Å². The topological polar surface area (TPSA) is 64.3 Å². The third-order valence-corrected chi connectivity index (χ3v) is 4.36. The van der Waals surface area contributed by atoms with Gasteiger partial charge in [-0.05, 0) is 50.2 Å². The molecule has 2 aliphatic rings. The van der Waals surface area contributed by atoms with Gasteiger partial charge in [-0.3, -0.25) is 10.1 Å². The number of aryl methyl sites for hydroxylation is 1. The molecule has 0 bridgehead atoms. The lowest BCUT2D eigenvalue weighted by atomic mass is 9.93. The molecule has 0 heterocycles. The zero-order valence-electron chi connectivity index (χ0n) is 12.2. The maximum absolute atomic E-state index is 14.0. The summed E-state index contributed by atoms with van der Waals surface area (Å²) in [5.41, 5.74) is 5.31. The summed E-state index contributed by atoms with van der Waals surface area (Å²) < 4.78 is 19.6. The van der Waals surface area contributed by atoms with Crippen molar-refractivity contribution in [3.8, 4) is 5.75 Å². The van der Waals surface area contributed by atoms with Crippen LogP contribution in [0.25, 0.3) is 0 Å². The summed E-state index contributed by atoms with van der Waals surface area (Å²) in [7, 11) is 0. The van der Waals surface area contributed by atoms with Gasteiger partial charge in [0.2, 0.25) is 5.91 Å². The van der Waals surface area contributed by atoms with Crippen molar-refractivity contribution in [2.75, 3.05) is 6.61 Å². The summed E-state index contributed by atoms with van der Waals surface area (Å²) in [6.07, 6.45) is 4.03. The van der Waals surface area contributed by atoms with E-state index in [9.17, 15) is 9.18 Å². The SMILES string of the molecule is Cc1cccc(OCC(NC2CC2)(C(N)=O)C2CC2)c1F. The van der Waals surface area contributed by atoms with Crippen molar-refractivity contribution in [3.63, 3.8) is 0 Å². The molecule has 1 aromatic carbocycles. The van der Waals surface area contributed by atoms with Crippen molar-refractivity contribution in [2.45, 2.75) is 44.2 Å². The van der Waals surface area contributed by atoms with Gasteiger partial charge in [-0.15, -0.1) is 0 Å². The zero-order chi connectivity index (χ0) is 15.0. The Morgan fingerprint density at radius 2 is 2.14 bits per heavy atom. The normalized spacial score (nSPS) is 20.9. The Hall–Kier alpha value is -1.62. The molecule has 2 saturated carbocycles. The molecule has 5 heteroatoms. The lowest BCUT2D eigenvalue weighted by Gasteiger charge is -2.32. The first-order chi connectivity index (χ1) is 10.0. The van der Waals surface area contributed by atoms with E-state index in [1.165, 1.54) is 0 Å². The fourth-order valence-electron chi connectivity index (χ4n) is 2.71. The molecule has 2 aliphatic carbocycles. The van der Waals surface area contributed by atoms with E-state index in [0.717, 1.165) is 25.7 Å². The van der Waals surface area contributed by atoms with Crippen molar-refractivity contribution in [1.82, 2.24) is 5.32 Å². The molecule has 1 unspecified atom stereocenters. The molecule has 3 N–H and O–H groups in total. The monoisotopic (exact) mass is 292 g/mol. The molecule has 0 saturated heterocycles. The van der Waals surface area contributed by atoms with E-state index in [-0.39, 0.29) is 24.1 Å². The number of hydrogen-bond acceptors (Lipinski definition) is 3. The minimum absolute atomic E-state index is 0.0872. The molecular weight excluding hydrogens is 271 g/mol. The molecule has 4 nitrogen and oxygen atoms in total. The largest absolute Gasteiger partial charge is 0.488 e. The van der Waals surface area contributed by atoms with Gasteiger partial charge in [0.1, 0.15) is 12.1 Å². The predicted octanol–water partition coefficient (Wildman–Crippen LogP) is 1.90. The van der Waals surface area contributed by atoms with Crippen molar-refractivity contribution in [1.29, 1.82) is 0 Å². The molecule has 3 rings (SSSR count). The van der Waals surface area contributed by atoms with Gasteiger partial charge in [0.05, 0.1) is 0 Å². The van der Waals surface area contributed by atoms with Crippen LogP contribution in [0.5, 0.6) is 5.75 Å². The number of amides is 1. The van der Waals surface area contributed by atoms with Crippen LogP contribution in [0, 0.1) is 18.7 Å². The fourth-order valence-corrected chi connectivity index (χ4v) is 2.71. The van der Waals surface area contributed by atoms with Crippen LogP contribution in [0.1, 0.15) is 31.2 Å². The fraction of sp³-hybridized carbons (Fsp3) is 0.562. The number of halogens is 1. The molecule has 1 aromatic rings. The third kappa shape index (κ3) is 2.88. The molecule has 21 heavy (non-hydrogen) atoms. The summed E-state index contributed by atoms with van der Waals surface area (Å²) in [6.45, 7) is 1.77. The predicted molar refractivity (Wildman–Crippen MR) is 77.4 cm³/mol. The molecule has 2 fully saturated rings. The van der Waals surface area contributed by atoms with Crippen molar-refractivity contribution >= 4 is 5.91 Å². The Labute approximate surface area is 123 Å². The number of ether oxygens (including phenoxy) is 1. The maximum atomic E-state index is 14.0. The second-order valence-electron chi connectivity index (χ2n) is 6.20. The molecule has 0 radical (unpaired) electrons. The Morgan fingerprint density at radius 1 is 1.43 bits per heavy atom. The quantitative estimate of drug-likeness (QED) is 0.806. The number of primary amides is 1. The minimum Gasteiger partial charge on any atom is -0.488 e. The summed E-state index contributed by atoms with van der Waals surface area (Å²) in [6, 6.07) is 5.35. The molecule has 1 amide bonds. The summed E-state index contributed by atoms with van der Waals surface area (Å²) in [5, 5.41) is 3.35. The van der Waals surface area contributed by atoms with Gasteiger partial charge in [0.15, 0.2) is 11.6 Å². The van der Waals surface area contributed by atoms with Gasteiger partial charge in [0, 0.05) is 6.04 Å². The second kappa shape index (κ2) is 5.30. The number of nitrogens with two attached hydrogens (primary N) is 1. The van der Waals surface area contributed by atoms with Gasteiger partial charge in [0.25, 0.3) is 0 Å². The number of carbonyl (C=O) groups is 1. The Kier molecular flexibility index (Phi) is 3.61. The number of benzene rings is 1. The second-order valence-corrected chi connectivity index (χ2v) is 6.20. The van der Waals surface area contributed by atoms with Gasteiger partial charge in [-0.25, -0.2) is 4.39 Å². The summed E-state index contributed by atoms with van der Waals surface area (Å²) in [5.74, 6) is -0.398. The van der Waals surface area contributed by atoms with Gasteiger partial charge in [-0.1, -0.05) is 12.1 Å². The molecule has 0 aromatic heterocycles. The van der Waals surface area contributed by atoms with E-state index in [1.54, 1.807) is 25.1 Å². The van der Waals surface area contributed by atoms with Gasteiger partial charge >= 0.3 is 0 Å². The van der Waals surface area contributed by atoms with Crippen LogP contribution >= 0.6 is 0 Å². The first kappa shape index (κ1) is 14.3. The number of carbonyl (C=O) groups excluding carboxylic acids is 1. The molecule has 0 spiro atoms. The molecule has 0 aliphatic heterocycles. The van der Waals surface area contributed by atoms with Crippen LogP contribution in [0.3, 0.4) is 0 Å². The Morgan fingerprint density at radius 3 is 2.71 bits per heavy atom. The highest BCUT2D eigenvalue weighted by atomic mass is 19.1. The van der Waals surface area contributed by atoms with Crippen molar-refractivity contribution < 1.29 is 13.9 Å². The van der Waals surface area contributed by atoms with Crippen LogP contribution < -0.4 is 15.8 Å². The van der Waals surface area contributed by atoms with Crippen molar-refractivity contribution in [3.05, 3.63) is 29.6 Å². The van der Waals surface area contributed by atoms with E-state index < -0.39 is 11.4 Å². The number of hydrogen-bond donors (Lipinski definition) is 2. The molecule has 1 atom stereocenters. The number of rotatable bonds is 7. The van der Waals surface area contributed by atoms with E-state index in [1.807, 2.05) is 0 Å². The lowest BCUT2D eigenvalue weighted by Crippen LogP contribution is -2.61. The minimum atomic E-state index is -0.864. The van der Waals surface area contributed by atoms with Crippen LogP contribution in [-0.2, 0) is 4.79 Å². The Bertz CT molecular complexity index is 555. The van der Waals surface area contributed by atoms with E-state index in [2.05, 4.69) is 5.32 Å². The standard InChI is InChI=1S/C16H21FN2O2/c1-10-3-2-4-13(14(10)17)21-9-16(15(18)20,11-5-6-11)19-12-7-8-12/h2-4,11-12,19H,5-9H2,1H3,(H2,18,20). The highest BCUT2D eigenvalue weighted by molar-refractivity contribution is 5.86. The first-order valence-electron chi connectivity index (χ1n) is 7.48. The van der Waals surface area contributed by atoms with Crippen molar-refractivity contribution in [2.24, 2.45) is 11.7 Å². The zero-order valence-corrected chi connectivity index (χ0v) is 12.2. The van der Waals surface area contributed by atoms with Crippen LogP contribution in [0.15, 0.2) is 18.2 Å². The summed E-state index contributed by atoms with van der Waals surface area (Å²) >= 11 is 0. The molecular formula is C16H21FN2O2. The van der Waals surface area contributed by atoms with Crippen LogP contribution in [0.2, 0.25) is 0 Å². The third-order valence-electron chi connectivity index (χ3n) is 4.36. The lowest BCUT2D eigenvalue weighted by molar-refractivity contribution is -0.126. The van der Waals surface area contributed by atoms with E-state index >= 15 is 0 Å². The highest BCUT2D eigenvalue weighted by Gasteiger charge is 2.52. The number of nitrogens with one attached hydrogen (secondary N) is 1. The van der Waals surface area contributed by atoms with Crippen LogP contribution in [0.4, 0.5) is 4.39 Å². The first-order valence-corrected chi connectivity index (χ1v) is 7.48. The average Bonchev–Trinajstić information content (AvgIpc) is 3.31. The van der Waals surface area contributed by atoms with Gasteiger partial charge < -0.3 is 10.5 Å². The summed E-state index contributed by atoms with van der Waals surface area (Å²) in [4.78, 5) is 12.0. The maximum Gasteiger partial charge on any atom is 0.241 e. The van der Waals surface area contributed by atoms with E-state index in [0.29, 0.717) is 11.6 Å². The molecule has 114 valence electrons. The average molecular weight is 292 g/mol.